The van der Waals surface area contributed by atoms with Gasteiger partial charge in [-0.2, -0.15) is 13.2 Å². The fourth-order valence-electron chi connectivity index (χ4n) is 1.28. The number of esters is 1. The number of rotatable bonds is 5. The Kier molecular flexibility index (Phi) is 5.02. The standard InChI is InChI=1S/C10H10F3N3O5/c11-10(12,13)9(20)21-7(14)8(19)15-3-4-16-5(17)1-2-6(16)18/h1-2,7H,3-4,14H2,(H,15,19). The first-order valence-electron chi connectivity index (χ1n) is 5.47. The highest BCUT2D eigenvalue weighted by molar-refractivity contribution is 6.12. The van der Waals surface area contributed by atoms with E-state index in [0.717, 1.165) is 17.1 Å². The molecular formula is C10H10F3N3O5. The third kappa shape index (κ3) is 4.56. The van der Waals surface area contributed by atoms with E-state index in [2.05, 4.69) is 4.74 Å². The molecule has 0 saturated heterocycles. The van der Waals surface area contributed by atoms with Crippen molar-refractivity contribution in [3.05, 3.63) is 12.2 Å². The topological polar surface area (TPSA) is 119 Å². The first kappa shape index (κ1) is 16.6. The summed E-state index contributed by atoms with van der Waals surface area (Å²) in [6.45, 7) is -0.453. The van der Waals surface area contributed by atoms with Crippen LogP contribution in [-0.2, 0) is 23.9 Å². The first-order valence-corrected chi connectivity index (χ1v) is 5.47. The minimum atomic E-state index is -5.27. The molecule has 0 radical (unpaired) electrons. The molecule has 0 spiro atoms. The molecule has 0 fully saturated rings. The Hall–Kier alpha value is -2.43. The highest BCUT2D eigenvalue weighted by Gasteiger charge is 2.42. The summed E-state index contributed by atoms with van der Waals surface area (Å²) in [4.78, 5) is 44.8. The minimum absolute atomic E-state index is 0.198. The minimum Gasteiger partial charge on any atom is -0.430 e. The summed E-state index contributed by atoms with van der Waals surface area (Å²) >= 11 is 0. The summed E-state index contributed by atoms with van der Waals surface area (Å²) in [5.41, 5.74) is 4.95. The predicted octanol–water partition coefficient (Wildman–Crippen LogP) is -1.58. The second-order valence-corrected chi connectivity index (χ2v) is 3.78. The van der Waals surface area contributed by atoms with E-state index in [0.29, 0.717) is 0 Å². The van der Waals surface area contributed by atoms with Gasteiger partial charge >= 0.3 is 12.1 Å². The van der Waals surface area contributed by atoms with Gasteiger partial charge in [-0.25, -0.2) is 4.79 Å². The van der Waals surface area contributed by atoms with Gasteiger partial charge in [0.2, 0.25) is 6.23 Å². The van der Waals surface area contributed by atoms with E-state index >= 15 is 0 Å². The Morgan fingerprint density at radius 3 is 2.29 bits per heavy atom. The number of hydrogen-bond acceptors (Lipinski definition) is 6. The molecule has 8 nitrogen and oxygen atoms in total. The number of carbonyl (C=O) groups excluding carboxylic acids is 4. The predicted molar refractivity (Wildman–Crippen MR) is 59.0 cm³/mol. The van der Waals surface area contributed by atoms with Crippen molar-refractivity contribution in [3.63, 3.8) is 0 Å². The summed E-state index contributed by atoms with van der Waals surface area (Å²) in [6.07, 6.45) is -5.36. The molecule has 11 heteroatoms. The molecule has 0 aliphatic carbocycles. The van der Waals surface area contributed by atoms with Gasteiger partial charge in [-0.15, -0.1) is 0 Å². The lowest BCUT2D eigenvalue weighted by Crippen LogP contribution is -2.48. The smallest absolute Gasteiger partial charge is 0.430 e. The number of amides is 3. The van der Waals surface area contributed by atoms with Gasteiger partial charge in [0.25, 0.3) is 17.7 Å². The summed E-state index contributed by atoms with van der Waals surface area (Å²) < 4.78 is 39.3. The molecular weight excluding hydrogens is 299 g/mol. The molecule has 0 bridgehead atoms. The molecule has 1 aliphatic heterocycles. The number of halogens is 3. The van der Waals surface area contributed by atoms with E-state index in [1.807, 2.05) is 5.32 Å². The van der Waals surface area contributed by atoms with Crippen molar-refractivity contribution in [2.24, 2.45) is 5.73 Å². The monoisotopic (exact) mass is 309 g/mol. The van der Waals surface area contributed by atoms with Gasteiger partial charge in [-0.1, -0.05) is 0 Å². The largest absolute Gasteiger partial charge is 0.490 e. The summed E-state index contributed by atoms with van der Waals surface area (Å²) in [5.74, 6) is -4.96. The lowest BCUT2D eigenvalue weighted by Gasteiger charge is -2.16. The maximum absolute atomic E-state index is 11.9. The third-order valence-corrected chi connectivity index (χ3v) is 2.26. The number of carbonyl (C=O) groups is 4. The van der Waals surface area contributed by atoms with Crippen molar-refractivity contribution in [3.8, 4) is 0 Å². The van der Waals surface area contributed by atoms with E-state index in [9.17, 15) is 32.3 Å². The zero-order valence-electron chi connectivity index (χ0n) is 10.3. The number of ether oxygens (including phenoxy) is 1. The van der Waals surface area contributed by atoms with Crippen molar-refractivity contribution in [2.45, 2.75) is 12.4 Å². The van der Waals surface area contributed by atoms with Crippen molar-refractivity contribution in [1.29, 1.82) is 0 Å². The second-order valence-electron chi connectivity index (χ2n) is 3.78. The molecule has 1 atom stereocenters. The van der Waals surface area contributed by atoms with Gasteiger partial charge in [0.05, 0.1) is 0 Å². The van der Waals surface area contributed by atoms with Crippen LogP contribution in [0.15, 0.2) is 12.2 Å². The molecule has 1 unspecified atom stereocenters. The van der Waals surface area contributed by atoms with Crippen LogP contribution in [0.5, 0.6) is 0 Å². The van der Waals surface area contributed by atoms with Crippen LogP contribution in [-0.4, -0.2) is 54.1 Å². The summed E-state index contributed by atoms with van der Waals surface area (Å²) in [5, 5.41) is 2.02. The number of alkyl halides is 3. The van der Waals surface area contributed by atoms with Crippen molar-refractivity contribution in [2.75, 3.05) is 13.1 Å². The van der Waals surface area contributed by atoms with Crippen LogP contribution < -0.4 is 11.1 Å². The Morgan fingerprint density at radius 1 is 1.29 bits per heavy atom. The summed E-state index contributed by atoms with van der Waals surface area (Å²) in [7, 11) is 0. The Labute approximate surface area is 115 Å². The molecule has 1 heterocycles. The maximum atomic E-state index is 11.9. The van der Waals surface area contributed by atoms with Crippen molar-refractivity contribution in [1.82, 2.24) is 10.2 Å². The van der Waals surface area contributed by atoms with Gasteiger partial charge < -0.3 is 10.1 Å². The molecule has 0 saturated carbocycles. The number of nitrogens with zero attached hydrogens (tertiary/aromatic N) is 1. The average molecular weight is 309 g/mol. The van der Waals surface area contributed by atoms with Crippen LogP contribution in [0.2, 0.25) is 0 Å². The van der Waals surface area contributed by atoms with Crippen LogP contribution in [0.25, 0.3) is 0 Å². The lowest BCUT2D eigenvalue weighted by molar-refractivity contribution is -0.205. The van der Waals surface area contributed by atoms with Gasteiger partial charge in [0, 0.05) is 25.2 Å². The molecule has 21 heavy (non-hydrogen) atoms. The molecule has 1 aliphatic rings. The van der Waals surface area contributed by atoms with Crippen LogP contribution in [0.1, 0.15) is 0 Å². The highest BCUT2D eigenvalue weighted by Crippen LogP contribution is 2.16. The highest BCUT2D eigenvalue weighted by atomic mass is 19.4. The Bertz CT molecular complexity index is 485. The van der Waals surface area contributed by atoms with Crippen LogP contribution >= 0.6 is 0 Å². The molecule has 116 valence electrons. The molecule has 1 rings (SSSR count). The van der Waals surface area contributed by atoms with E-state index in [1.54, 1.807) is 0 Å². The fourth-order valence-corrected chi connectivity index (χ4v) is 1.28. The zero-order valence-corrected chi connectivity index (χ0v) is 10.3. The lowest BCUT2D eigenvalue weighted by atomic mass is 10.4. The number of nitrogens with two attached hydrogens (primary N) is 1. The molecule has 3 amide bonds. The van der Waals surface area contributed by atoms with Crippen LogP contribution in [0, 0.1) is 0 Å². The Morgan fingerprint density at radius 2 is 1.81 bits per heavy atom. The maximum Gasteiger partial charge on any atom is 0.490 e. The first-order chi connectivity index (χ1) is 9.62. The SMILES string of the molecule is NC(OC(=O)C(F)(F)F)C(=O)NCCN1C(=O)C=CC1=O. The van der Waals surface area contributed by atoms with E-state index < -0.39 is 36.1 Å². The number of hydrogen-bond donors (Lipinski definition) is 2. The fraction of sp³-hybridized carbons (Fsp3) is 0.400. The average Bonchev–Trinajstić information content (AvgIpc) is 2.68. The van der Waals surface area contributed by atoms with Crippen LogP contribution in [0.4, 0.5) is 13.2 Å². The Balaban J connectivity index is 2.35. The number of imide groups is 1. The quantitative estimate of drug-likeness (QED) is 0.359. The molecule has 3 N–H and O–H groups in total. The van der Waals surface area contributed by atoms with Gasteiger partial charge in [-0.3, -0.25) is 25.0 Å². The molecule has 0 aromatic carbocycles. The van der Waals surface area contributed by atoms with Gasteiger partial charge in [-0.05, 0) is 0 Å². The number of nitrogens with one attached hydrogen (secondary N) is 1. The molecule has 0 aromatic heterocycles. The zero-order chi connectivity index (χ0) is 16.2. The van der Waals surface area contributed by atoms with E-state index in [4.69, 9.17) is 5.73 Å². The van der Waals surface area contributed by atoms with Crippen molar-refractivity contribution < 1.29 is 37.1 Å². The van der Waals surface area contributed by atoms with Crippen LogP contribution in [0.3, 0.4) is 0 Å². The van der Waals surface area contributed by atoms with E-state index in [-0.39, 0.29) is 13.1 Å². The summed E-state index contributed by atoms with van der Waals surface area (Å²) in [6, 6.07) is 0. The third-order valence-electron chi connectivity index (χ3n) is 2.26. The second kappa shape index (κ2) is 6.35. The van der Waals surface area contributed by atoms with Crippen molar-refractivity contribution >= 4 is 23.7 Å². The van der Waals surface area contributed by atoms with E-state index in [1.165, 1.54) is 0 Å². The van der Waals surface area contributed by atoms with Gasteiger partial charge in [0.1, 0.15) is 0 Å². The van der Waals surface area contributed by atoms with Gasteiger partial charge in [0.15, 0.2) is 0 Å². The molecule has 0 aromatic rings. The normalized spacial score (nSPS) is 16.1.